The molecule has 7 nitrogen and oxygen atoms in total. The number of amides is 2. The number of carboxylic acids is 1. The minimum atomic E-state index is -0.860. The van der Waals surface area contributed by atoms with Gasteiger partial charge in [0.2, 0.25) is 5.91 Å². The Balaban J connectivity index is 1.34. The molecule has 2 N–H and O–H groups in total. The van der Waals surface area contributed by atoms with E-state index in [1.165, 1.54) is 0 Å². The van der Waals surface area contributed by atoms with Crippen molar-refractivity contribution < 1.29 is 24.2 Å². The molecule has 2 aromatic rings. The number of ether oxygens (including phenoxy) is 1. The van der Waals surface area contributed by atoms with Crippen LogP contribution >= 0.6 is 0 Å². The maximum absolute atomic E-state index is 12.6. The van der Waals surface area contributed by atoms with Gasteiger partial charge in [0.15, 0.2) is 0 Å². The molecule has 1 heterocycles. The Bertz CT molecular complexity index is 953. The first kappa shape index (κ1) is 20.9. The van der Waals surface area contributed by atoms with Gasteiger partial charge in [0.1, 0.15) is 12.6 Å². The topological polar surface area (TPSA) is 95.9 Å². The molecule has 2 amide bonds. The molecule has 1 aliphatic heterocycles. The summed E-state index contributed by atoms with van der Waals surface area (Å²) in [4.78, 5) is 37.4. The van der Waals surface area contributed by atoms with Crippen LogP contribution in [0.15, 0.2) is 48.5 Å². The number of carbonyl (C=O) groups excluding carboxylic acids is 2. The molecular weight excluding hydrogens is 396 g/mol. The first-order chi connectivity index (χ1) is 15.0. The maximum atomic E-state index is 12.6. The third-order valence-corrected chi connectivity index (χ3v) is 6.07. The van der Waals surface area contributed by atoms with Gasteiger partial charge in [-0.05, 0) is 28.7 Å². The fourth-order valence-electron chi connectivity index (χ4n) is 4.47. The molecule has 4 rings (SSSR count). The van der Waals surface area contributed by atoms with Gasteiger partial charge in [-0.25, -0.2) is 4.79 Å². The molecule has 1 unspecified atom stereocenters. The lowest BCUT2D eigenvalue weighted by Crippen LogP contribution is -2.57. The number of hydrogen-bond acceptors (Lipinski definition) is 4. The van der Waals surface area contributed by atoms with Crippen molar-refractivity contribution in [2.75, 3.05) is 19.7 Å². The molecule has 0 radical (unpaired) electrons. The van der Waals surface area contributed by atoms with Gasteiger partial charge >= 0.3 is 12.1 Å². The van der Waals surface area contributed by atoms with Crippen molar-refractivity contribution in [1.82, 2.24) is 10.2 Å². The number of rotatable bonds is 7. The predicted octanol–water partition coefficient (Wildman–Crippen LogP) is 3.24. The van der Waals surface area contributed by atoms with Crippen LogP contribution in [0.4, 0.5) is 4.79 Å². The molecule has 1 aliphatic carbocycles. The highest BCUT2D eigenvalue weighted by Gasteiger charge is 2.36. The Labute approximate surface area is 181 Å². The summed E-state index contributed by atoms with van der Waals surface area (Å²) in [6.45, 7) is 2.83. The van der Waals surface area contributed by atoms with Crippen LogP contribution in [-0.4, -0.2) is 53.7 Å². The molecule has 0 saturated carbocycles. The van der Waals surface area contributed by atoms with Crippen LogP contribution in [0.2, 0.25) is 0 Å². The second-order valence-electron chi connectivity index (χ2n) is 8.14. The number of nitrogens with one attached hydrogen (secondary N) is 1. The van der Waals surface area contributed by atoms with Gasteiger partial charge in [-0.3, -0.25) is 9.59 Å². The van der Waals surface area contributed by atoms with Crippen LogP contribution < -0.4 is 5.32 Å². The molecule has 162 valence electrons. The summed E-state index contributed by atoms with van der Waals surface area (Å²) in [5.74, 6) is -1.12. The third kappa shape index (κ3) is 4.26. The molecule has 0 spiro atoms. The molecule has 1 saturated heterocycles. The van der Waals surface area contributed by atoms with E-state index >= 15 is 0 Å². The van der Waals surface area contributed by atoms with Gasteiger partial charge in [0, 0.05) is 24.9 Å². The molecule has 31 heavy (non-hydrogen) atoms. The zero-order valence-corrected chi connectivity index (χ0v) is 17.4. The number of carbonyl (C=O) groups is 3. The Morgan fingerprint density at radius 3 is 2.19 bits per heavy atom. The number of benzene rings is 2. The van der Waals surface area contributed by atoms with Crippen LogP contribution in [0, 0.1) is 5.92 Å². The van der Waals surface area contributed by atoms with Crippen molar-refractivity contribution in [3.63, 3.8) is 0 Å². The van der Waals surface area contributed by atoms with E-state index in [-0.39, 0.29) is 30.8 Å². The van der Waals surface area contributed by atoms with Crippen molar-refractivity contribution in [1.29, 1.82) is 0 Å². The van der Waals surface area contributed by atoms with Crippen molar-refractivity contribution >= 4 is 18.0 Å². The number of carboxylic acid groups (broad SMARTS) is 1. The van der Waals surface area contributed by atoms with E-state index in [0.29, 0.717) is 19.5 Å². The van der Waals surface area contributed by atoms with E-state index in [2.05, 4.69) is 29.6 Å². The molecule has 7 heteroatoms. The summed E-state index contributed by atoms with van der Waals surface area (Å²) in [7, 11) is 0. The van der Waals surface area contributed by atoms with Gasteiger partial charge in [0.25, 0.3) is 0 Å². The number of alkyl carbamates (subject to hydrolysis) is 1. The zero-order valence-electron chi connectivity index (χ0n) is 17.4. The number of hydrogen-bond donors (Lipinski definition) is 2. The number of likely N-dealkylation sites (tertiary alicyclic amines) is 1. The Morgan fingerprint density at radius 2 is 1.65 bits per heavy atom. The minimum Gasteiger partial charge on any atom is -0.481 e. The maximum Gasteiger partial charge on any atom is 0.407 e. The van der Waals surface area contributed by atoms with Crippen molar-refractivity contribution in [2.45, 2.75) is 31.7 Å². The SMILES string of the molecule is CCC(NC(=O)OCC1c2ccccc2-c2ccccc21)C(=O)N1CC(CC(=O)O)C1. The lowest BCUT2D eigenvalue weighted by atomic mass is 9.95. The van der Waals surface area contributed by atoms with Crippen LogP contribution in [0.1, 0.15) is 36.8 Å². The Morgan fingerprint density at radius 1 is 1.06 bits per heavy atom. The van der Waals surface area contributed by atoms with Crippen LogP contribution in [-0.2, 0) is 14.3 Å². The Hall–Kier alpha value is -3.35. The highest BCUT2D eigenvalue weighted by Crippen LogP contribution is 2.44. The van der Waals surface area contributed by atoms with Gasteiger partial charge in [-0.1, -0.05) is 55.5 Å². The Kier molecular flexibility index (Phi) is 5.93. The van der Waals surface area contributed by atoms with Crippen molar-refractivity contribution in [3.05, 3.63) is 59.7 Å². The summed E-state index contributed by atoms with van der Waals surface area (Å²) in [6.07, 6.45) is -0.131. The van der Waals surface area contributed by atoms with Crippen LogP contribution in [0.25, 0.3) is 11.1 Å². The standard InChI is InChI=1S/C24H26N2O5/c1-2-21(23(29)26-12-15(13-26)11-22(27)28)25-24(30)31-14-20-18-9-5-3-7-16(18)17-8-4-6-10-19(17)20/h3-10,15,20-21H,2,11-14H2,1H3,(H,25,30)(H,27,28). The average Bonchev–Trinajstić information content (AvgIpc) is 3.06. The lowest BCUT2D eigenvalue weighted by Gasteiger charge is -2.40. The molecule has 1 atom stereocenters. The monoisotopic (exact) mass is 422 g/mol. The van der Waals surface area contributed by atoms with Crippen molar-refractivity contribution in [2.24, 2.45) is 5.92 Å². The number of nitrogens with zero attached hydrogens (tertiary/aromatic N) is 1. The number of fused-ring (bicyclic) bond motifs is 3. The third-order valence-electron chi connectivity index (χ3n) is 6.07. The van der Waals surface area contributed by atoms with E-state index in [1.807, 2.05) is 31.2 Å². The van der Waals surface area contributed by atoms with Gasteiger partial charge in [-0.15, -0.1) is 0 Å². The molecule has 1 fully saturated rings. The summed E-state index contributed by atoms with van der Waals surface area (Å²) in [5.41, 5.74) is 4.57. The molecule has 2 aliphatic rings. The van der Waals surface area contributed by atoms with E-state index in [1.54, 1.807) is 4.90 Å². The van der Waals surface area contributed by atoms with E-state index < -0.39 is 18.1 Å². The minimum absolute atomic E-state index is 0.0200. The average molecular weight is 422 g/mol. The molecule has 2 aromatic carbocycles. The number of aliphatic carboxylic acids is 1. The highest BCUT2D eigenvalue weighted by molar-refractivity contribution is 5.86. The predicted molar refractivity (Wildman–Crippen MR) is 115 cm³/mol. The largest absolute Gasteiger partial charge is 0.481 e. The normalized spacial score (nSPS) is 16.1. The second-order valence-corrected chi connectivity index (χ2v) is 8.14. The van der Waals surface area contributed by atoms with Crippen LogP contribution in [0.3, 0.4) is 0 Å². The summed E-state index contributed by atoms with van der Waals surface area (Å²) in [6, 6.07) is 15.5. The first-order valence-corrected chi connectivity index (χ1v) is 10.6. The van der Waals surface area contributed by atoms with Gasteiger partial charge in [0.05, 0.1) is 6.42 Å². The van der Waals surface area contributed by atoms with Gasteiger partial charge < -0.3 is 20.1 Å². The summed E-state index contributed by atoms with van der Waals surface area (Å²) >= 11 is 0. The highest BCUT2D eigenvalue weighted by atomic mass is 16.5. The molecule has 0 bridgehead atoms. The zero-order chi connectivity index (χ0) is 22.0. The lowest BCUT2D eigenvalue weighted by molar-refractivity contribution is -0.146. The fourth-order valence-corrected chi connectivity index (χ4v) is 4.47. The second kappa shape index (κ2) is 8.79. The summed E-state index contributed by atoms with van der Waals surface area (Å²) in [5, 5.41) is 11.5. The van der Waals surface area contributed by atoms with E-state index in [4.69, 9.17) is 9.84 Å². The van der Waals surface area contributed by atoms with E-state index in [0.717, 1.165) is 22.3 Å². The molecular formula is C24H26N2O5. The summed E-state index contributed by atoms with van der Waals surface area (Å²) < 4.78 is 5.53. The fraction of sp³-hybridized carbons (Fsp3) is 0.375. The van der Waals surface area contributed by atoms with Crippen LogP contribution in [0.5, 0.6) is 0 Å². The van der Waals surface area contributed by atoms with Crippen molar-refractivity contribution in [3.8, 4) is 11.1 Å². The quantitative estimate of drug-likeness (QED) is 0.714. The molecule has 0 aromatic heterocycles. The smallest absolute Gasteiger partial charge is 0.407 e. The first-order valence-electron chi connectivity index (χ1n) is 10.6. The van der Waals surface area contributed by atoms with Gasteiger partial charge in [-0.2, -0.15) is 0 Å². The van der Waals surface area contributed by atoms with E-state index in [9.17, 15) is 14.4 Å².